The third-order valence-corrected chi connectivity index (χ3v) is 3.66. The van der Waals surface area contributed by atoms with Crippen molar-refractivity contribution in [2.75, 3.05) is 11.5 Å². The molecule has 0 saturated heterocycles. The minimum absolute atomic E-state index is 0.405. The van der Waals surface area contributed by atoms with Crippen LogP contribution in [0.5, 0.6) is 0 Å². The fraction of sp³-hybridized carbons (Fsp3) is 0.0909. The van der Waals surface area contributed by atoms with Crippen LogP contribution in [0.15, 0.2) is 35.5 Å². The molecule has 0 atom stereocenters. The molecule has 0 fully saturated rings. The molecule has 2 aromatic rings. The highest BCUT2D eigenvalue weighted by atomic mass is 127. The van der Waals surface area contributed by atoms with Gasteiger partial charge in [-0.3, -0.25) is 0 Å². The normalized spacial score (nSPS) is 10.4. The molecule has 0 bridgehead atoms. The molecule has 0 unspecified atom stereocenters. The van der Waals surface area contributed by atoms with Crippen LogP contribution in [0.2, 0.25) is 0 Å². The Morgan fingerprint density at radius 3 is 2.24 bits per heavy atom. The van der Waals surface area contributed by atoms with E-state index in [2.05, 4.69) is 56.8 Å². The van der Waals surface area contributed by atoms with Crippen LogP contribution < -0.4 is 11.5 Å². The van der Waals surface area contributed by atoms with Gasteiger partial charge in [-0.2, -0.15) is 0 Å². The van der Waals surface area contributed by atoms with Crippen LogP contribution in [-0.4, -0.2) is 9.97 Å². The second-order valence-electron chi connectivity index (χ2n) is 3.42. The fourth-order valence-electron chi connectivity index (χ4n) is 1.26. The van der Waals surface area contributed by atoms with Crippen LogP contribution in [0, 0.1) is 3.57 Å². The van der Waals surface area contributed by atoms with Crippen molar-refractivity contribution in [2.24, 2.45) is 0 Å². The first-order valence-electron chi connectivity index (χ1n) is 4.91. The van der Waals surface area contributed by atoms with E-state index in [1.807, 2.05) is 0 Å². The van der Waals surface area contributed by atoms with Crippen molar-refractivity contribution in [1.82, 2.24) is 9.97 Å². The Kier molecular flexibility index (Phi) is 4.06. The number of hydrogen-bond acceptors (Lipinski definition) is 5. The van der Waals surface area contributed by atoms with E-state index >= 15 is 0 Å². The molecule has 2 rings (SSSR count). The predicted octanol–water partition coefficient (Wildman–Crippen LogP) is 2.54. The highest BCUT2D eigenvalue weighted by Crippen LogP contribution is 2.21. The largest absolute Gasteiger partial charge is 0.383 e. The van der Waals surface area contributed by atoms with E-state index in [0.717, 1.165) is 5.75 Å². The number of rotatable bonds is 3. The second kappa shape index (κ2) is 5.54. The van der Waals surface area contributed by atoms with Crippen molar-refractivity contribution in [2.45, 2.75) is 10.9 Å². The standard InChI is InChI=1S/C11H11IN4S/c12-8-3-1-7(2-4-8)6-17-11-15-9(13)5-10(14)16-11/h1-5H,6H2,(H4,13,14,15,16). The molecule has 1 aromatic heterocycles. The van der Waals surface area contributed by atoms with Crippen molar-refractivity contribution in [3.05, 3.63) is 39.5 Å². The lowest BCUT2D eigenvalue weighted by Crippen LogP contribution is -1.99. The van der Waals surface area contributed by atoms with Crippen LogP contribution in [0.3, 0.4) is 0 Å². The van der Waals surface area contributed by atoms with Gasteiger partial charge in [-0.1, -0.05) is 23.9 Å². The minimum Gasteiger partial charge on any atom is -0.383 e. The maximum atomic E-state index is 5.60. The monoisotopic (exact) mass is 358 g/mol. The Balaban J connectivity index is 2.04. The van der Waals surface area contributed by atoms with Crippen LogP contribution in [-0.2, 0) is 5.75 Å². The van der Waals surface area contributed by atoms with Crippen molar-refractivity contribution in [1.29, 1.82) is 0 Å². The van der Waals surface area contributed by atoms with Crippen molar-refractivity contribution in [3.8, 4) is 0 Å². The number of halogens is 1. The Bertz CT molecular complexity index is 495. The summed E-state index contributed by atoms with van der Waals surface area (Å²) in [6.45, 7) is 0. The molecule has 88 valence electrons. The van der Waals surface area contributed by atoms with Gasteiger partial charge in [0, 0.05) is 15.4 Å². The highest BCUT2D eigenvalue weighted by molar-refractivity contribution is 14.1. The van der Waals surface area contributed by atoms with Gasteiger partial charge < -0.3 is 11.5 Å². The Morgan fingerprint density at radius 2 is 1.65 bits per heavy atom. The zero-order valence-corrected chi connectivity index (χ0v) is 11.9. The van der Waals surface area contributed by atoms with Crippen molar-refractivity contribution >= 4 is 46.0 Å². The number of nitrogen functional groups attached to an aromatic ring is 2. The maximum Gasteiger partial charge on any atom is 0.191 e. The van der Waals surface area contributed by atoms with Gasteiger partial charge in [-0.15, -0.1) is 0 Å². The average Bonchev–Trinajstić information content (AvgIpc) is 2.27. The molecule has 0 radical (unpaired) electrons. The van der Waals surface area contributed by atoms with Crippen molar-refractivity contribution in [3.63, 3.8) is 0 Å². The first-order valence-corrected chi connectivity index (χ1v) is 6.97. The molecular weight excluding hydrogens is 347 g/mol. The lowest BCUT2D eigenvalue weighted by molar-refractivity contribution is 0.984. The van der Waals surface area contributed by atoms with Crippen LogP contribution in [0.25, 0.3) is 0 Å². The van der Waals surface area contributed by atoms with E-state index < -0.39 is 0 Å². The smallest absolute Gasteiger partial charge is 0.191 e. The van der Waals surface area contributed by atoms with Gasteiger partial charge in [0.1, 0.15) is 11.6 Å². The topological polar surface area (TPSA) is 77.8 Å². The Hall–Kier alpha value is -1.02. The summed E-state index contributed by atoms with van der Waals surface area (Å²) in [6, 6.07) is 9.87. The molecular formula is C11H11IN4S. The summed E-state index contributed by atoms with van der Waals surface area (Å²) in [5, 5.41) is 0.612. The molecule has 4 nitrogen and oxygen atoms in total. The Morgan fingerprint density at radius 1 is 1.06 bits per heavy atom. The molecule has 0 amide bonds. The second-order valence-corrected chi connectivity index (χ2v) is 5.60. The number of nitrogens with zero attached hydrogens (tertiary/aromatic N) is 2. The number of hydrogen-bond donors (Lipinski definition) is 2. The first kappa shape index (κ1) is 12.4. The summed E-state index contributed by atoms with van der Waals surface area (Å²) in [5.74, 6) is 1.62. The summed E-state index contributed by atoms with van der Waals surface area (Å²) in [6.07, 6.45) is 0. The Labute approximate surface area is 117 Å². The van der Waals surface area contributed by atoms with Gasteiger partial charge in [0.05, 0.1) is 0 Å². The summed E-state index contributed by atoms with van der Waals surface area (Å²) < 4.78 is 1.22. The van der Waals surface area contributed by atoms with E-state index in [9.17, 15) is 0 Å². The molecule has 0 spiro atoms. The van der Waals surface area contributed by atoms with E-state index in [1.165, 1.54) is 20.9 Å². The number of anilines is 2. The average molecular weight is 358 g/mol. The third-order valence-electron chi connectivity index (χ3n) is 2.03. The van der Waals surface area contributed by atoms with Gasteiger partial charge in [-0.25, -0.2) is 9.97 Å². The minimum atomic E-state index is 0.405. The van der Waals surface area contributed by atoms with E-state index in [4.69, 9.17) is 11.5 Å². The van der Waals surface area contributed by atoms with E-state index in [-0.39, 0.29) is 0 Å². The van der Waals surface area contributed by atoms with Crippen molar-refractivity contribution < 1.29 is 0 Å². The molecule has 1 aromatic carbocycles. The predicted molar refractivity (Wildman–Crippen MR) is 79.6 cm³/mol. The molecule has 0 aliphatic rings. The third kappa shape index (κ3) is 3.74. The van der Waals surface area contributed by atoms with Gasteiger partial charge in [-0.05, 0) is 40.3 Å². The molecule has 17 heavy (non-hydrogen) atoms. The van der Waals surface area contributed by atoms with E-state index in [0.29, 0.717) is 16.8 Å². The van der Waals surface area contributed by atoms with Gasteiger partial charge in [0.25, 0.3) is 0 Å². The summed E-state index contributed by atoms with van der Waals surface area (Å²) in [4.78, 5) is 8.23. The maximum absolute atomic E-state index is 5.60. The number of nitrogens with two attached hydrogens (primary N) is 2. The lowest BCUT2D eigenvalue weighted by atomic mass is 10.2. The molecule has 0 aliphatic carbocycles. The molecule has 4 N–H and O–H groups in total. The summed E-state index contributed by atoms with van der Waals surface area (Å²) >= 11 is 3.80. The number of aromatic nitrogens is 2. The summed E-state index contributed by atoms with van der Waals surface area (Å²) in [7, 11) is 0. The number of thioether (sulfide) groups is 1. The van der Waals surface area contributed by atoms with Gasteiger partial charge >= 0.3 is 0 Å². The lowest BCUT2D eigenvalue weighted by Gasteiger charge is -2.03. The van der Waals surface area contributed by atoms with E-state index in [1.54, 1.807) is 6.07 Å². The van der Waals surface area contributed by atoms with Crippen LogP contribution >= 0.6 is 34.4 Å². The molecule has 1 heterocycles. The molecule has 0 saturated carbocycles. The highest BCUT2D eigenvalue weighted by Gasteiger charge is 2.02. The zero-order valence-electron chi connectivity index (χ0n) is 8.93. The quantitative estimate of drug-likeness (QED) is 0.501. The van der Waals surface area contributed by atoms with Gasteiger partial charge in [0.2, 0.25) is 0 Å². The van der Waals surface area contributed by atoms with Crippen LogP contribution in [0.4, 0.5) is 11.6 Å². The number of benzene rings is 1. The fourth-order valence-corrected chi connectivity index (χ4v) is 2.44. The van der Waals surface area contributed by atoms with Gasteiger partial charge in [0.15, 0.2) is 5.16 Å². The summed E-state index contributed by atoms with van der Waals surface area (Å²) in [5.41, 5.74) is 12.4. The molecule has 6 heteroatoms. The first-order chi connectivity index (χ1) is 8.13. The zero-order chi connectivity index (χ0) is 12.3. The molecule has 0 aliphatic heterocycles. The van der Waals surface area contributed by atoms with Crippen LogP contribution in [0.1, 0.15) is 5.56 Å². The SMILES string of the molecule is Nc1cc(N)nc(SCc2ccc(I)cc2)n1.